The molecule has 1 aromatic heterocycles. The number of hydrogen-bond donors (Lipinski definition) is 2. The van der Waals surface area contributed by atoms with E-state index in [4.69, 9.17) is 9.47 Å². The molecule has 1 amide bonds. The first-order valence-corrected chi connectivity index (χ1v) is 7.31. The zero-order valence-corrected chi connectivity index (χ0v) is 12.5. The Kier molecular flexibility index (Phi) is 4.27. The van der Waals surface area contributed by atoms with Gasteiger partial charge in [0.15, 0.2) is 11.5 Å². The molecule has 2 N–H and O–H groups in total. The first-order valence-electron chi connectivity index (χ1n) is 7.31. The quantitative estimate of drug-likeness (QED) is 0.873. The molecule has 1 aliphatic heterocycles. The summed E-state index contributed by atoms with van der Waals surface area (Å²) in [6, 6.07) is 5.76. The topological polar surface area (TPSA) is 76.2 Å². The lowest BCUT2D eigenvalue weighted by atomic mass is 9.95. The van der Waals surface area contributed by atoms with Gasteiger partial charge < -0.3 is 19.8 Å². The van der Waals surface area contributed by atoms with Crippen molar-refractivity contribution in [3.63, 3.8) is 0 Å². The number of H-pyrrole nitrogens is 1. The van der Waals surface area contributed by atoms with Gasteiger partial charge in [-0.3, -0.25) is 4.79 Å². The van der Waals surface area contributed by atoms with E-state index in [0.29, 0.717) is 19.6 Å². The van der Waals surface area contributed by atoms with Crippen LogP contribution in [0.1, 0.15) is 11.3 Å². The average Bonchev–Trinajstić information content (AvgIpc) is 3.07. The van der Waals surface area contributed by atoms with Crippen LogP contribution in [0.2, 0.25) is 0 Å². The zero-order valence-electron chi connectivity index (χ0n) is 12.5. The van der Waals surface area contributed by atoms with Gasteiger partial charge in [0, 0.05) is 24.9 Å². The molecule has 0 saturated carbocycles. The van der Waals surface area contributed by atoms with Gasteiger partial charge in [0.2, 0.25) is 5.91 Å². The highest BCUT2D eigenvalue weighted by Crippen LogP contribution is 2.35. The number of benzene rings is 1. The minimum atomic E-state index is -0.165. The average molecular weight is 301 g/mol. The second kappa shape index (κ2) is 6.51. The van der Waals surface area contributed by atoms with Crippen LogP contribution in [0, 0.1) is 5.92 Å². The summed E-state index contributed by atoms with van der Waals surface area (Å²) in [5, 5.41) is 2.95. The second-order valence-corrected chi connectivity index (χ2v) is 5.28. The highest BCUT2D eigenvalue weighted by Gasteiger charge is 2.27. The molecule has 0 saturated heterocycles. The SMILES string of the molecule is COc1cccc2c1OC[C@@H](C(=O)NCCc1cnc[nH]1)C2. The number of ether oxygens (including phenoxy) is 2. The molecule has 116 valence electrons. The highest BCUT2D eigenvalue weighted by molar-refractivity contribution is 5.79. The van der Waals surface area contributed by atoms with Gasteiger partial charge in [-0.25, -0.2) is 4.98 Å². The predicted octanol–water partition coefficient (Wildman–Crippen LogP) is 1.33. The van der Waals surface area contributed by atoms with Crippen LogP contribution in [0.5, 0.6) is 11.5 Å². The molecular weight excluding hydrogens is 282 g/mol. The number of carbonyl (C=O) groups excluding carboxylic acids is 1. The van der Waals surface area contributed by atoms with Crippen molar-refractivity contribution >= 4 is 5.91 Å². The fourth-order valence-corrected chi connectivity index (χ4v) is 2.61. The molecular formula is C16H19N3O3. The van der Waals surface area contributed by atoms with Gasteiger partial charge in [-0.05, 0) is 18.1 Å². The Balaban J connectivity index is 1.56. The van der Waals surface area contributed by atoms with Crippen molar-refractivity contribution in [1.82, 2.24) is 15.3 Å². The number of nitrogens with zero attached hydrogens (tertiary/aromatic N) is 1. The number of aromatic nitrogens is 2. The number of nitrogens with one attached hydrogen (secondary N) is 2. The normalized spacial score (nSPS) is 16.5. The van der Waals surface area contributed by atoms with Crippen molar-refractivity contribution in [1.29, 1.82) is 0 Å². The number of imidazole rings is 1. The molecule has 6 nitrogen and oxygen atoms in total. The Labute approximate surface area is 128 Å². The fourth-order valence-electron chi connectivity index (χ4n) is 2.61. The van der Waals surface area contributed by atoms with Gasteiger partial charge in [-0.2, -0.15) is 0 Å². The molecule has 6 heteroatoms. The molecule has 1 aliphatic rings. The largest absolute Gasteiger partial charge is 0.493 e. The molecule has 0 spiro atoms. The summed E-state index contributed by atoms with van der Waals surface area (Å²) >= 11 is 0. The Bertz CT molecular complexity index is 640. The Hall–Kier alpha value is -2.50. The minimum Gasteiger partial charge on any atom is -0.493 e. The van der Waals surface area contributed by atoms with Crippen LogP contribution in [-0.2, 0) is 17.6 Å². The van der Waals surface area contributed by atoms with Crippen molar-refractivity contribution < 1.29 is 14.3 Å². The lowest BCUT2D eigenvalue weighted by Gasteiger charge is -2.25. The maximum atomic E-state index is 12.2. The van der Waals surface area contributed by atoms with E-state index in [2.05, 4.69) is 15.3 Å². The third kappa shape index (κ3) is 3.05. The molecule has 3 rings (SSSR count). The monoisotopic (exact) mass is 301 g/mol. The lowest BCUT2D eigenvalue weighted by Crippen LogP contribution is -2.38. The number of fused-ring (bicyclic) bond motifs is 1. The number of rotatable bonds is 5. The first kappa shape index (κ1) is 14.4. The summed E-state index contributed by atoms with van der Waals surface area (Å²) < 4.78 is 11.0. The predicted molar refractivity (Wildman–Crippen MR) is 81.0 cm³/mol. The third-order valence-electron chi connectivity index (χ3n) is 3.79. The maximum absolute atomic E-state index is 12.2. The molecule has 2 aromatic rings. The van der Waals surface area contributed by atoms with Crippen LogP contribution >= 0.6 is 0 Å². The Morgan fingerprint density at radius 3 is 3.23 bits per heavy atom. The minimum absolute atomic E-state index is 0.0213. The summed E-state index contributed by atoms with van der Waals surface area (Å²) in [6.45, 7) is 0.964. The Morgan fingerprint density at radius 2 is 2.45 bits per heavy atom. The summed E-state index contributed by atoms with van der Waals surface area (Å²) in [5.74, 6) is 1.33. The molecule has 1 atom stereocenters. The molecule has 22 heavy (non-hydrogen) atoms. The fraction of sp³-hybridized carbons (Fsp3) is 0.375. The smallest absolute Gasteiger partial charge is 0.226 e. The van der Waals surface area contributed by atoms with Gasteiger partial charge in [0.25, 0.3) is 0 Å². The maximum Gasteiger partial charge on any atom is 0.226 e. The molecule has 0 fully saturated rings. The van der Waals surface area contributed by atoms with E-state index in [1.165, 1.54) is 0 Å². The first-order chi connectivity index (χ1) is 10.8. The summed E-state index contributed by atoms with van der Waals surface area (Å²) in [7, 11) is 1.62. The van der Waals surface area contributed by atoms with E-state index in [9.17, 15) is 4.79 Å². The van der Waals surface area contributed by atoms with Crippen molar-refractivity contribution in [3.8, 4) is 11.5 Å². The number of hydrogen-bond acceptors (Lipinski definition) is 4. The molecule has 0 unspecified atom stereocenters. The summed E-state index contributed by atoms with van der Waals surface area (Å²) in [5.41, 5.74) is 2.02. The van der Waals surface area contributed by atoms with Gasteiger partial charge in [-0.15, -0.1) is 0 Å². The van der Waals surface area contributed by atoms with Crippen molar-refractivity contribution in [2.45, 2.75) is 12.8 Å². The van der Waals surface area contributed by atoms with E-state index in [0.717, 1.165) is 29.2 Å². The van der Waals surface area contributed by atoms with Gasteiger partial charge in [0.1, 0.15) is 6.61 Å². The van der Waals surface area contributed by atoms with E-state index >= 15 is 0 Å². The molecule has 0 radical (unpaired) electrons. The Morgan fingerprint density at radius 1 is 1.55 bits per heavy atom. The zero-order chi connectivity index (χ0) is 15.4. The number of amides is 1. The van der Waals surface area contributed by atoms with E-state index in [-0.39, 0.29) is 11.8 Å². The van der Waals surface area contributed by atoms with Crippen LogP contribution in [0.15, 0.2) is 30.7 Å². The number of carbonyl (C=O) groups is 1. The molecule has 2 heterocycles. The van der Waals surface area contributed by atoms with E-state index < -0.39 is 0 Å². The van der Waals surface area contributed by atoms with Crippen LogP contribution in [0.25, 0.3) is 0 Å². The van der Waals surface area contributed by atoms with Crippen molar-refractivity contribution in [3.05, 3.63) is 42.0 Å². The van der Waals surface area contributed by atoms with Crippen molar-refractivity contribution in [2.75, 3.05) is 20.3 Å². The van der Waals surface area contributed by atoms with Gasteiger partial charge in [0.05, 0.1) is 19.4 Å². The lowest BCUT2D eigenvalue weighted by molar-refractivity contribution is -0.126. The van der Waals surface area contributed by atoms with Gasteiger partial charge in [-0.1, -0.05) is 12.1 Å². The summed E-state index contributed by atoms with van der Waals surface area (Å²) in [4.78, 5) is 19.2. The highest BCUT2D eigenvalue weighted by atomic mass is 16.5. The van der Waals surface area contributed by atoms with Crippen LogP contribution in [-0.4, -0.2) is 36.1 Å². The number of methoxy groups -OCH3 is 1. The summed E-state index contributed by atoms with van der Waals surface area (Å²) in [6.07, 6.45) is 4.81. The molecule has 1 aromatic carbocycles. The number of aromatic amines is 1. The molecule has 0 bridgehead atoms. The second-order valence-electron chi connectivity index (χ2n) is 5.28. The van der Waals surface area contributed by atoms with E-state index in [1.807, 2.05) is 18.2 Å². The van der Waals surface area contributed by atoms with Crippen LogP contribution in [0.4, 0.5) is 0 Å². The standard InChI is InChI=1S/C16H19N3O3/c1-21-14-4-2-3-11-7-12(9-22-15(11)14)16(20)18-6-5-13-8-17-10-19-13/h2-4,8,10,12H,5-7,9H2,1H3,(H,17,19)(H,18,20)/t12-/m0/s1. The van der Waals surface area contributed by atoms with Crippen molar-refractivity contribution in [2.24, 2.45) is 5.92 Å². The third-order valence-corrected chi connectivity index (χ3v) is 3.79. The number of para-hydroxylation sites is 1. The van der Waals surface area contributed by atoms with Gasteiger partial charge >= 0.3 is 0 Å². The van der Waals surface area contributed by atoms with Crippen LogP contribution in [0.3, 0.4) is 0 Å². The molecule has 0 aliphatic carbocycles. The van der Waals surface area contributed by atoms with E-state index in [1.54, 1.807) is 19.6 Å². The van der Waals surface area contributed by atoms with Crippen LogP contribution < -0.4 is 14.8 Å².